The summed E-state index contributed by atoms with van der Waals surface area (Å²) >= 11 is 0. The van der Waals surface area contributed by atoms with Crippen molar-refractivity contribution in [2.24, 2.45) is 11.5 Å². The van der Waals surface area contributed by atoms with E-state index in [0.717, 1.165) is 5.56 Å². The largest absolute Gasteiger partial charge is 0.494 e. The Labute approximate surface area is 347 Å². The van der Waals surface area contributed by atoms with Gasteiger partial charge in [0.15, 0.2) is 20.9 Å². The van der Waals surface area contributed by atoms with Crippen molar-refractivity contribution in [3.05, 3.63) is 83.4 Å². The Morgan fingerprint density at radius 2 is 1.44 bits per heavy atom. The first-order valence-electron chi connectivity index (χ1n) is 19.6. The molecule has 6 atom stereocenters. The van der Waals surface area contributed by atoms with Gasteiger partial charge in [-0.25, -0.2) is 0 Å². The highest BCUT2D eigenvalue weighted by molar-refractivity contribution is 6.74. The van der Waals surface area contributed by atoms with Gasteiger partial charge in [0.1, 0.15) is 47.3 Å². The third-order valence-electron chi connectivity index (χ3n) is 10.7. The van der Waals surface area contributed by atoms with E-state index in [0.29, 0.717) is 60.4 Å². The maximum atomic E-state index is 12.2. The number of amides is 2. The number of rotatable bonds is 19. The molecule has 322 valence electrons. The topological polar surface area (TPSA) is 236 Å². The fourth-order valence-electron chi connectivity index (χ4n) is 6.50. The Morgan fingerprint density at radius 3 is 2.00 bits per heavy atom. The summed E-state index contributed by atoms with van der Waals surface area (Å²) in [4.78, 5) is 23.8. The number of nitrogens with one attached hydrogen (secondary N) is 2. The minimum absolute atomic E-state index is 0.0879. The zero-order chi connectivity index (χ0) is 42.9. The van der Waals surface area contributed by atoms with E-state index in [1.165, 1.54) is 25.3 Å². The standard InChI is InChI=1S/C42H60N6O10Si/c1-42(2,3)59(6,7)58-36-35-32(24-55-40(57-35)25-14-9-8-10-15-25)56-41(52-5)37(36)54-19-13-18-53-31-23-27(39(46)50)21-29(44)34(31)48-17-12-11-16-47-33-28(43)20-26(38(45)49)22-30(33)51-4/h8-12,14-15,20-23,32,35-37,40-41,47-48H,13,16-19,24,43-44H2,1-7H3,(H2,45,49)(H2,46,50)/b12-11+/t32-,35-,36?,37-,40?,41+/m1/s1. The van der Waals surface area contributed by atoms with E-state index < -0.39 is 57.1 Å². The van der Waals surface area contributed by atoms with Gasteiger partial charge >= 0.3 is 0 Å². The molecule has 5 rings (SSSR count). The molecule has 0 bridgehead atoms. The first kappa shape index (κ1) is 45.2. The van der Waals surface area contributed by atoms with Crippen molar-refractivity contribution < 1.29 is 47.2 Å². The Balaban J connectivity index is 1.23. The number of nitrogen functional groups attached to an aromatic ring is 2. The van der Waals surface area contributed by atoms with E-state index in [1.807, 2.05) is 42.5 Å². The molecule has 2 heterocycles. The van der Waals surface area contributed by atoms with Gasteiger partial charge in [-0.2, -0.15) is 0 Å². The second-order valence-electron chi connectivity index (χ2n) is 15.9. The summed E-state index contributed by atoms with van der Waals surface area (Å²) in [5.74, 6) is -0.495. The second-order valence-corrected chi connectivity index (χ2v) is 20.6. The number of anilines is 4. The highest BCUT2D eigenvalue weighted by atomic mass is 28.4. The lowest BCUT2D eigenvalue weighted by Gasteiger charge is -2.51. The van der Waals surface area contributed by atoms with E-state index in [2.05, 4.69) is 44.5 Å². The normalized spacial score (nSPS) is 22.1. The van der Waals surface area contributed by atoms with Gasteiger partial charge in [0.05, 0.1) is 38.3 Å². The molecule has 3 aromatic rings. The number of hydrogen-bond acceptors (Lipinski definition) is 14. The van der Waals surface area contributed by atoms with Crippen molar-refractivity contribution in [3.8, 4) is 11.5 Å². The Kier molecular flexibility index (Phi) is 15.3. The summed E-state index contributed by atoms with van der Waals surface area (Å²) in [6.45, 7) is 12.5. The average Bonchev–Trinajstić information content (AvgIpc) is 3.19. The fraction of sp³-hybridized carbons (Fsp3) is 0.476. The first-order valence-corrected chi connectivity index (χ1v) is 22.5. The van der Waals surface area contributed by atoms with Crippen LogP contribution >= 0.6 is 0 Å². The van der Waals surface area contributed by atoms with Crippen LogP contribution < -0.4 is 43.0 Å². The van der Waals surface area contributed by atoms with E-state index in [4.69, 9.17) is 60.5 Å². The summed E-state index contributed by atoms with van der Waals surface area (Å²) < 4.78 is 50.2. The molecule has 2 unspecified atom stereocenters. The van der Waals surface area contributed by atoms with Crippen LogP contribution in [0, 0.1) is 0 Å². The molecule has 0 aromatic heterocycles. The van der Waals surface area contributed by atoms with Crippen molar-refractivity contribution in [1.82, 2.24) is 0 Å². The molecule has 2 fully saturated rings. The summed E-state index contributed by atoms with van der Waals surface area (Å²) in [6.07, 6.45) is 0.847. The number of methoxy groups -OCH3 is 2. The molecule has 0 saturated carbocycles. The van der Waals surface area contributed by atoms with Gasteiger partial charge in [-0.3, -0.25) is 9.59 Å². The lowest BCUT2D eigenvalue weighted by Crippen LogP contribution is -2.66. The molecule has 3 aromatic carbocycles. The van der Waals surface area contributed by atoms with Crippen LogP contribution in [-0.4, -0.2) is 98.0 Å². The summed E-state index contributed by atoms with van der Waals surface area (Å²) in [5, 5.41) is 6.37. The second kappa shape index (κ2) is 19.9. The minimum Gasteiger partial charge on any atom is -0.494 e. The summed E-state index contributed by atoms with van der Waals surface area (Å²) in [6, 6.07) is 15.9. The molecule has 0 radical (unpaired) electrons. The number of benzene rings is 3. The monoisotopic (exact) mass is 836 g/mol. The van der Waals surface area contributed by atoms with Crippen molar-refractivity contribution in [1.29, 1.82) is 0 Å². The van der Waals surface area contributed by atoms with Crippen LogP contribution in [-0.2, 0) is 28.1 Å². The molecule has 59 heavy (non-hydrogen) atoms. The van der Waals surface area contributed by atoms with Crippen molar-refractivity contribution in [3.63, 3.8) is 0 Å². The number of fused-ring (bicyclic) bond motifs is 1. The Bertz CT molecular complexity index is 1930. The van der Waals surface area contributed by atoms with Gasteiger partial charge < -0.3 is 71.2 Å². The van der Waals surface area contributed by atoms with Gasteiger partial charge in [-0.15, -0.1) is 0 Å². The Hall–Kier alpha value is -4.88. The lowest BCUT2D eigenvalue weighted by molar-refractivity contribution is -0.360. The van der Waals surface area contributed by atoms with Crippen molar-refractivity contribution in [2.75, 3.05) is 69.2 Å². The number of ether oxygens (including phenoxy) is 7. The molecule has 0 spiro atoms. The highest BCUT2D eigenvalue weighted by Crippen LogP contribution is 2.43. The fourth-order valence-corrected chi connectivity index (χ4v) is 7.81. The number of hydrogen-bond donors (Lipinski definition) is 6. The van der Waals surface area contributed by atoms with E-state index >= 15 is 0 Å². The van der Waals surface area contributed by atoms with Crippen molar-refractivity contribution >= 4 is 42.9 Å². The maximum absolute atomic E-state index is 12.2. The molecule has 0 aliphatic carbocycles. The van der Waals surface area contributed by atoms with Crippen LogP contribution in [0.2, 0.25) is 18.1 Å². The molecule has 2 saturated heterocycles. The molecule has 2 aliphatic rings. The zero-order valence-corrected chi connectivity index (χ0v) is 35.9. The summed E-state index contributed by atoms with van der Waals surface area (Å²) in [5.41, 5.74) is 26.5. The van der Waals surface area contributed by atoms with E-state index in [-0.39, 0.29) is 29.4 Å². The summed E-state index contributed by atoms with van der Waals surface area (Å²) in [7, 11) is 0.711. The van der Waals surface area contributed by atoms with Crippen LogP contribution in [0.25, 0.3) is 0 Å². The van der Waals surface area contributed by atoms with Gasteiger partial charge in [-0.1, -0.05) is 63.3 Å². The first-order chi connectivity index (χ1) is 28.0. The predicted molar refractivity (Wildman–Crippen MR) is 229 cm³/mol. The lowest BCUT2D eigenvalue weighted by atomic mass is 9.97. The van der Waals surface area contributed by atoms with Crippen LogP contribution in [0.3, 0.4) is 0 Å². The number of primary amides is 2. The third-order valence-corrected chi connectivity index (χ3v) is 15.2. The highest BCUT2D eigenvalue weighted by Gasteiger charge is 2.54. The quantitative estimate of drug-likeness (QED) is 0.0396. The van der Waals surface area contributed by atoms with Crippen LogP contribution in [0.1, 0.15) is 59.8 Å². The third kappa shape index (κ3) is 11.2. The molecule has 10 N–H and O–H groups in total. The molecule has 2 amide bonds. The number of carbonyl (C=O) groups excluding carboxylic acids is 2. The molecule has 16 nitrogen and oxygen atoms in total. The minimum atomic E-state index is -2.35. The smallest absolute Gasteiger partial charge is 0.248 e. The number of carbonyl (C=O) groups is 2. The molecule has 2 aliphatic heterocycles. The molecular weight excluding hydrogens is 777 g/mol. The number of nitrogens with two attached hydrogens (primary N) is 4. The van der Waals surface area contributed by atoms with Gasteiger partial charge in [-0.05, 0) is 42.4 Å². The maximum Gasteiger partial charge on any atom is 0.248 e. The van der Waals surface area contributed by atoms with Crippen molar-refractivity contribution in [2.45, 2.75) is 82.3 Å². The predicted octanol–water partition coefficient (Wildman–Crippen LogP) is 5.17. The SMILES string of the molecule is COc1cc(C(N)=O)cc(N)c1NC/C=C/CNc1c(N)cc(C(N)=O)cc1OCCCO[C@@H]1C(O[Si](C)(C)C(C)(C)C)[C@@H]2OC(c3ccccc3)OC[C@H]2O[C@@H]1OC. The van der Waals surface area contributed by atoms with Gasteiger partial charge in [0, 0.05) is 43.3 Å². The van der Waals surface area contributed by atoms with E-state index in [1.54, 1.807) is 13.2 Å². The molecular formula is C42H60N6O10Si. The Morgan fingerprint density at radius 1 is 0.847 bits per heavy atom. The van der Waals surface area contributed by atoms with E-state index in [9.17, 15) is 9.59 Å². The van der Waals surface area contributed by atoms with Crippen LogP contribution in [0.4, 0.5) is 22.7 Å². The average molecular weight is 837 g/mol. The van der Waals surface area contributed by atoms with Crippen LogP contribution in [0.15, 0.2) is 66.7 Å². The zero-order valence-electron chi connectivity index (χ0n) is 34.9. The molecule has 17 heteroatoms. The van der Waals surface area contributed by atoms with Gasteiger partial charge in [0.25, 0.3) is 0 Å². The van der Waals surface area contributed by atoms with Gasteiger partial charge in [0.2, 0.25) is 11.8 Å². The van der Waals surface area contributed by atoms with Crippen LogP contribution in [0.5, 0.6) is 11.5 Å².